The molecule has 6 nitrogen and oxygen atoms in total. The molecule has 2 aliphatic rings. The van der Waals surface area contributed by atoms with E-state index in [4.69, 9.17) is 10.5 Å². The molecule has 0 saturated carbocycles. The maximum Gasteiger partial charge on any atom is 0.282 e. The zero-order valence-electron chi connectivity index (χ0n) is 12.3. The second-order valence-corrected chi connectivity index (χ2v) is 7.62. The second kappa shape index (κ2) is 7.17. The summed E-state index contributed by atoms with van der Waals surface area (Å²) in [7, 11) is -3.35. The van der Waals surface area contributed by atoms with Crippen molar-refractivity contribution in [2.45, 2.75) is 38.7 Å². The van der Waals surface area contributed by atoms with Crippen LogP contribution in [0.4, 0.5) is 0 Å². The fraction of sp³-hybridized carbons (Fsp3) is 1.00. The van der Waals surface area contributed by atoms with Gasteiger partial charge in [-0.1, -0.05) is 0 Å². The van der Waals surface area contributed by atoms with E-state index in [9.17, 15) is 8.42 Å². The van der Waals surface area contributed by atoms with Crippen LogP contribution in [0, 0.1) is 5.92 Å². The van der Waals surface area contributed by atoms with Gasteiger partial charge in [-0.3, -0.25) is 0 Å². The summed E-state index contributed by atoms with van der Waals surface area (Å²) in [6, 6.07) is 0. The molecule has 2 saturated heterocycles. The minimum absolute atomic E-state index is 0.0404. The smallest absolute Gasteiger partial charge is 0.282 e. The lowest BCUT2D eigenvalue weighted by Crippen LogP contribution is -2.52. The van der Waals surface area contributed by atoms with Gasteiger partial charge in [-0.15, -0.1) is 0 Å². The molecule has 2 atom stereocenters. The Labute approximate surface area is 122 Å². The van der Waals surface area contributed by atoms with E-state index in [0.29, 0.717) is 45.2 Å². The Hall–Kier alpha value is -0.210. The molecule has 0 aliphatic carbocycles. The molecule has 0 aromatic heterocycles. The summed E-state index contributed by atoms with van der Waals surface area (Å²) in [5, 5.41) is 0. The summed E-state index contributed by atoms with van der Waals surface area (Å²) in [5.41, 5.74) is 5.69. The van der Waals surface area contributed by atoms with Crippen molar-refractivity contribution in [1.82, 2.24) is 8.61 Å². The molecule has 2 rings (SSSR count). The molecule has 0 bridgehead atoms. The van der Waals surface area contributed by atoms with Crippen molar-refractivity contribution in [3.05, 3.63) is 0 Å². The number of nitrogens with zero attached hydrogens (tertiary/aromatic N) is 2. The van der Waals surface area contributed by atoms with Crippen LogP contribution in [0.2, 0.25) is 0 Å². The first-order chi connectivity index (χ1) is 9.57. The lowest BCUT2D eigenvalue weighted by molar-refractivity contribution is 0.0248. The zero-order valence-corrected chi connectivity index (χ0v) is 13.1. The van der Waals surface area contributed by atoms with Crippen molar-refractivity contribution in [3.63, 3.8) is 0 Å². The zero-order chi connectivity index (χ0) is 14.6. The van der Waals surface area contributed by atoms with E-state index in [2.05, 4.69) is 0 Å². The third kappa shape index (κ3) is 3.71. The summed E-state index contributed by atoms with van der Waals surface area (Å²) in [6.07, 6.45) is 3.80. The average molecular weight is 305 g/mol. The average Bonchev–Trinajstić information content (AvgIpc) is 2.48. The normalized spacial score (nSPS) is 30.5. The van der Waals surface area contributed by atoms with Crippen molar-refractivity contribution >= 4 is 10.2 Å². The first-order valence-electron chi connectivity index (χ1n) is 7.64. The Bertz CT molecular complexity index is 400. The first-order valence-corrected chi connectivity index (χ1v) is 9.04. The Morgan fingerprint density at radius 1 is 1.15 bits per heavy atom. The number of hydrogen-bond donors (Lipinski definition) is 1. The lowest BCUT2D eigenvalue weighted by atomic mass is 10.0. The largest absolute Gasteiger partial charge is 0.377 e. The summed E-state index contributed by atoms with van der Waals surface area (Å²) in [4.78, 5) is 0. The highest BCUT2D eigenvalue weighted by molar-refractivity contribution is 7.86. The molecule has 2 heterocycles. The molecule has 0 aromatic carbocycles. The molecule has 2 N–H and O–H groups in total. The van der Waals surface area contributed by atoms with Gasteiger partial charge in [0, 0.05) is 32.8 Å². The predicted octanol–water partition coefficient (Wildman–Crippen LogP) is 0.403. The van der Waals surface area contributed by atoms with Crippen LogP contribution in [0.15, 0.2) is 0 Å². The fourth-order valence-corrected chi connectivity index (χ4v) is 4.88. The van der Waals surface area contributed by atoms with Gasteiger partial charge >= 0.3 is 0 Å². The van der Waals surface area contributed by atoms with E-state index in [1.54, 1.807) is 8.61 Å². The van der Waals surface area contributed by atoms with Gasteiger partial charge in [-0.2, -0.15) is 17.0 Å². The van der Waals surface area contributed by atoms with Crippen LogP contribution in [0.3, 0.4) is 0 Å². The Balaban J connectivity index is 2.01. The maximum absolute atomic E-state index is 12.7. The van der Waals surface area contributed by atoms with Crippen LogP contribution in [0.1, 0.15) is 32.6 Å². The molecule has 2 aliphatic heterocycles. The lowest BCUT2D eigenvalue weighted by Gasteiger charge is -2.38. The van der Waals surface area contributed by atoms with E-state index in [1.165, 1.54) is 0 Å². The summed E-state index contributed by atoms with van der Waals surface area (Å²) < 4.78 is 34.2. The Kier molecular flexibility index (Phi) is 5.80. The Morgan fingerprint density at radius 3 is 2.45 bits per heavy atom. The van der Waals surface area contributed by atoms with Crippen LogP contribution in [0.25, 0.3) is 0 Å². The van der Waals surface area contributed by atoms with Crippen molar-refractivity contribution < 1.29 is 13.2 Å². The second-order valence-electron chi connectivity index (χ2n) is 5.69. The van der Waals surface area contributed by atoms with Crippen molar-refractivity contribution in [2.75, 3.05) is 39.3 Å². The van der Waals surface area contributed by atoms with Gasteiger partial charge in [-0.25, -0.2) is 0 Å². The molecule has 2 unspecified atom stereocenters. The van der Waals surface area contributed by atoms with Crippen LogP contribution < -0.4 is 5.73 Å². The minimum atomic E-state index is -3.35. The van der Waals surface area contributed by atoms with E-state index < -0.39 is 10.2 Å². The molecule has 0 radical (unpaired) electrons. The fourth-order valence-electron chi connectivity index (χ4n) is 3.08. The van der Waals surface area contributed by atoms with Crippen LogP contribution in [0.5, 0.6) is 0 Å². The highest BCUT2D eigenvalue weighted by atomic mass is 32.2. The molecular formula is C13H27N3O3S. The first kappa shape index (κ1) is 16.2. The predicted molar refractivity (Wildman–Crippen MR) is 78.5 cm³/mol. The molecule has 0 amide bonds. The molecule has 7 heteroatoms. The van der Waals surface area contributed by atoms with Crippen molar-refractivity contribution in [1.29, 1.82) is 0 Å². The minimum Gasteiger partial charge on any atom is -0.377 e. The standard InChI is InChI=1S/C13H27N3O3S/c1-2-19-13-6-4-8-16(11-13)20(17,18)15-7-3-5-12(9-14)10-15/h12-13H,2-11,14H2,1H3. The van der Waals surface area contributed by atoms with Crippen LogP contribution in [-0.2, 0) is 14.9 Å². The molecule has 2 fully saturated rings. The van der Waals surface area contributed by atoms with Crippen molar-refractivity contribution in [2.24, 2.45) is 11.7 Å². The van der Waals surface area contributed by atoms with E-state index in [1.807, 2.05) is 6.92 Å². The third-order valence-corrected chi connectivity index (χ3v) is 6.18. The van der Waals surface area contributed by atoms with Gasteiger partial charge in [0.15, 0.2) is 0 Å². The van der Waals surface area contributed by atoms with Gasteiger partial charge in [0.25, 0.3) is 10.2 Å². The van der Waals surface area contributed by atoms with Gasteiger partial charge < -0.3 is 10.5 Å². The molecule has 118 valence electrons. The molecule has 0 aromatic rings. The quantitative estimate of drug-likeness (QED) is 0.798. The highest BCUT2D eigenvalue weighted by Crippen LogP contribution is 2.23. The van der Waals surface area contributed by atoms with Gasteiger partial charge in [0.1, 0.15) is 0 Å². The summed E-state index contributed by atoms with van der Waals surface area (Å²) >= 11 is 0. The Morgan fingerprint density at radius 2 is 1.80 bits per heavy atom. The maximum atomic E-state index is 12.7. The van der Waals surface area contributed by atoms with Crippen LogP contribution >= 0.6 is 0 Å². The van der Waals surface area contributed by atoms with E-state index in [-0.39, 0.29) is 6.10 Å². The van der Waals surface area contributed by atoms with E-state index >= 15 is 0 Å². The number of hydrogen-bond acceptors (Lipinski definition) is 4. The molecule has 0 spiro atoms. The number of nitrogens with two attached hydrogens (primary N) is 1. The summed E-state index contributed by atoms with van der Waals surface area (Å²) in [6.45, 7) is 5.42. The van der Waals surface area contributed by atoms with Crippen molar-refractivity contribution in [3.8, 4) is 0 Å². The summed E-state index contributed by atoms with van der Waals surface area (Å²) in [5.74, 6) is 0.297. The topological polar surface area (TPSA) is 75.9 Å². The molecule has 20 heavy (non-hydrogen) atoms. The van der Waals surface area contributed by atoms with Gasteiger partial charge in [0.2, 0.25) is 0 Å². The number of ether oxygens (including phenoxy) is 1. The monoisotopic (exact) mass is 305 g/mol. The van der Waals surface area contributed by atoms with E-state index in [0.717, 1.165) is 25.7 Å². The van der Waals surface area contributed by atoms with Gasteiger partial charge in [0.05, 0.1) is 6.10 Å². The number of rotatable bonds is 5. The van der Waals surface area contributed by atoms with Gasteiger partial charge in [-0.05, 0) is 45.1 Å². The highest BCUT2D eigenvalue weighted by Gasteiger charge is 2.36. The molecular weight excluding hydrogens is 278 g/mol. The number of piperidine rings is 2. The third-order valence-electron chi connectivity index (χ3n) is 4.21. The van der Waals surface area contributed by atoms with Crippen LogP contribution in [-0.4, -0.2) is 62.5 Å². The SMILES string of the molecule is CCOC1CCCN(S(=O)(=O)N2CCCC(CN)C2)C1.